The van der Waals surface area contributed by atoms with Crippen LogP contribution >= 0.6 is 27.3 Å². The van der Waals surface area contributed by atoms with Crippen LogP contribution in [0.3, 0.4) is 0 Å². The van der Waals surface area contributed by atoms with Gasteiger partial charge in [-0.2, -0.15) is 0 Å². The van der Waals surface area contributed by atoms with Gasteiger partial charge in [-0.05, 0) is 42.5 Å². The average Bonchev–Trinajstić information content (AvgIpc) is 2.98. The Labute approximate surface area is 138 Å². The van der Waals surface area contributed by atoms with Gasteiger partial charge in [0.2, 0.25) is 5.13 Å². The maximum absolute atomic E-state index is 12.9. The number of hydrogen-bond acceptors (Lipinski definition) is 4. The number of phenols is 1. The first-order chi connectivity index (χ1) is 10.6. The van der Waals surface area contributed by atoms with E-state index < -0.39 is 0 Å². The van der Waals surface area contributed by atoms with E-state index in [-0.39, 0.29) is 11.6 Å². The van der Waals surface area contributed by atoms with Crippen molar-refractivity contribution in [3.05, 3.63) is 63.7 Å². The van der Waals surface area contributed by atoms with Gasteiger partial charge < -0.3 is 5.11 Å². The number of thiazole rings is 1. The Morgan fingerprint density at radius 3 is 2.73 bits per heavy atom. The van der Waals surface area contributed by atoms with Gasteiger partial charge in [0, 0.05) is 27.2 Å². The van der Waals surface area contributed by atoms with Crippen LogP contribution in [0, 0.1) is 5.82 Å². The first kappa shape index (κ1) is 14.9. The summed E-state index contributed by atoms with van der Waals surface area (Å²) in [4.78, 5) is 8.65. The third-order valence-electron chi connectivity index (χ3n) is 2.94. The number of hydrogen-bond donors (Lipinski definition) is 1. The number of phenolic OH excluding ortho intramolecular Hbond substituents is 1. The fourth-order valence-electron chi connectivity index (χ4n) is 1.83. The highest BCUT2D eigenvalue weighted by atomic mass is 79.9. The zero-order valence-electron chi connectivity index (χ0n) is 11.2. The standard InChI is InChI=1S/C16H10BrFN2OS/c17-12-3-6-15(21)11(7-12)8-19-16-20-14(9-22-16)10-1-4-13(18)5-2-10/h1-9,21H/b19-8+. The van der Waals surface area contributed by atoms with Crippen molar-refractivity contribution in [2.24, 2.45) is 4.99 Å². The smallest absolute Gasteiger partial charge is 0.209 e. The minimum absolute atomic E-state index is 0.155. The molecule has 0 radical (unpaired) electrons. The van der Waals surface area contributed by atoms with Crippen molar-refractivity contribution >= 4 is 38.6 Å². The molecule has 3 rings (SSSR count). The van der Waals surface area contributed by atoms with Crippen LogP contribution in [0.2, 0.25) is 0 Å². The summed E-state index contributed by atoms with van der Waals surface area (Å²) in [6.07, 6.45) is 1.56. The third-order valence-corrected chi connectivity index (χ3v) is 4.18. The fourth-order valence-corrected chi connectivity index (χ4v) is 2.88. The third kappa shape index (κ3) is 3.40. The SMILES string of the molecule is Oc1ccc(Br)cc1/C=N/c1nc(-c2ccc(F)cc2)cs1. The molecule has 0 aliphatic carbocycles. The Morgan fingerprint density at radius 1 is 1.18 bits per heavy atom. The molecule has 3 aromatic rings. The molecule has 0 aliphatic rings. The van der Waals surface area contributed by atoms with Crippen LogP contribution in [0.25, 0.3) is 11.3 Å². The van der Waals surface area contributed by atoms with Crippen LogP contribution in [-0.2, 0) is 0 Å². The van der Waals surface area contributed by atoms with Gasteiger partial charge in [0.05, 0.1) is 5.69 Å². The topological polar surface area (TPSA) is 45.5 Å². The Bertz CT molecular complexity index is 830. The largest absolute Gasteiger partial charge is 0.507 e. The summed E-state index contributed by atoms with van der Waals surface area (Å²) in [6, 6.07) is 11.3. The molecule has 1 heterocycles. The highest BCUT2D eigenvalue weighted by Gasteiger charge is 2.04. The van der Waals surface area contributed by atoms with Crippen LogP contribution in [0.5, 0.6) is 5.75 Å². The van der Waals surface area contributed by atoms with E-state index in [1.165, 1.54) is 23.5 Å². The predicted octanol–water partition coefficient (Wildman–Crippen LogP) is 5.17. The number of aromatic nitrogens is 1. The van der Waals surface area contributed by atoms with Crippen molar-refractivity contribution in [3.8, 4) is 17.0 Å². The molecule has 0 aliphatic heterocycles. The van der Waals surface area contributed by atoms with Crippen molar-refractivity contribution in [1.29, 1.82) is 0 Å². The molecule has 0 amide bonds. The van der Waals surface area contributed by atoms with Crippen LogP contribution in [0.15, 0.2) is 57.3 Å². The van der Waals surface area contributed by atoms with Gasteiger partial charge in [-0.1, -0.05) is 15.9 Å². The van der Waals surface area contributed by atoms with E-state index in [0.29, 0.717) is 10.7 Å². The molecule has 1 N–H and O–H groups in total. The highest BCUT2D eigenvalue weighted by Crippen LogP contribution is 2.27. The lowest BCUT2D eigenvalue weighted by molar-refractivity contribution is 0.474. The summed E-state index contributed by atoms with van der Waals surface area (Å²) in [5.41, 5.74) is 2.19. The van der Waals surface area contributed by atoms with Crippen molar-refractivity contribution in [1.82, 2.24) is 4.98 Å². The second-order valence-corrected chi connectivity index (χ2v) is 6.24. The molecule has 110 valence electrons. The average molecular weight is 377 g/mol. The molecular weight excluding hydrogens is 367 g/mol. The molecule has 0 spiro atoms. The Kier molecular flexibility index (Phi) is 4.31. The first-order valence-corrected chi connectivity index (χ1v) is 8.03. The second-order valence-electron chi connectivity index (χ2n) is 4.48. The highest BCUT2D eigenvalue weighted by molar-refractivity contribution is 9.10. The Morgan fingerprint density at radius 2 is 1.95 bits per heavy atom. The summed E-state index contributed by atoms with van der Waals surface area (Å²) in [7, 11) is 0. The summed E-state index contributed by atoms with van der Waals surface area (Å²) in [5.74, 6) is -0.121. The van der Waals surface area contributed by atoms with Crippen LogP contribution in [0.4, 0.5) is 9.52 Å². The number of benzene rings is 2. The minimum atomic E-state index is -0.276. The molecule has 1 aromatic heterocycles. The molecule has 0 saturated carbocycles. The van der Waals surface area contributed by atoms with E-state index in [4.69, 9.17) is 0 Å². The molecule has 3 nitrogen and oxygen atoms in total. The maximum Gasteiger partial charge on any atom is 0.209 e. The Hall–Kier alpha value is -2.05. The number of rotatable bonds is 3. The maximum atomic E-state index is 12.9. The van der Waals surface area contributed by atoms with E-state index in [2.05, 4.69) is 25.9 Å². The van der Waals surface area contributed by atoms with E-state index in [1.54, 1.807) is 36.5 Å². The van der Waals surface area contributed by atoms with E-state index >= 15 is 0 Å². The fraction of sp³-hybridized carbons (Fsp3) is 0. The zero-order valence-corrected chi connectivity index (χ0v) is 13.6. The molecule has 6 heteroatoms. The first-order valence-electron chi connectivity index (χ1n) is 6.36. The Balaban J connectivity index is 1.83. The van der Waals surface area contributed by atoms with Gasteiger partial charge in [0.25, 0.3) is 0 Å². The zero-order chi connectivity index (χ0) is 15.5. The van der Waals surface area contributed by atoms with Gasteiger partial charge in [0.1, 0.15) is 11.6 Å². The molecular formula is C16H10BrFN2OS. The monoisotopic (exact) mass is 376 g/mol. The van der Waals surface area contributed by atoms with Gasteiger partial charge in [-0.3, -0.25) is 0 Å². The number of aliphatic imine (C=N–C) groups is 1. The van der Waals surface area contributed by atoms with E-state index in [9.17, 15) is 9.50 Å². The molecule has 0 unspecified atom stereocenters. The lowest BCUT2D eigenvalue weighted by atomic mass is 10.2. The van der Waals surface area contributed by atoms with Gasteiger partial charge >= 0.3 is 0 Å². The molecule has 0 saturated heterocycles. The summed E-state index contributed by atoms with van der Waals surface area (Å²) >= 11 is 4.73. The summed E-state index contributed by atoms with van der Waals surface area (Å²) in [6.45, 7) is 0. The number of halogens is 2. The lowest BCUT2D eigenvalue weighted by Gasteiger charge is -1.98. The second kappa shape index (κ2) is 6.37. The molecule has 22 heavy (non-hydrogen) atoms. The summed E-state index contributed by atoms with van der Waals surface area (Å²) < 4.78 is 13.8. The van der Waals surface area contributed by atoms with Crippen molar-refractivity contribution in [2.45, 2.75) is 0 Å². The normalized spacial score (nSPS) is 11.2. The van der Waals surface area contributed by atoms with Crippen LogP contribution in [-0.4, -0.2) is 16.3 Å². The number of nitrogens with zero attached hydrogens (tertiary/aromatic N) is 2. The molecule has 0 bridgehead atoms. The lowest BCUT2D eigenvalue weighted by Crippen LogP contribution is -1.82. The molecule has 0 fully saturated rings. The quantitative estimate of drug-likeness (QED) is 0.641. The van der Waals surface area contributed by atoms with E-state index in [0.717, 1.165) is 15.7 Å². The molecule has 2 aromatic carbocycles. The minimum Gasteiger partial charge on any atom is -0.507 e. The van der Waals surface area contributed by atoms with Gasteiger partial charge in [-0.15, -0.1) is 11.3 Å². The molecule has 0 atom stereocenters. The van der Waals surface area contributed by atoms with Crippen molar-refractivity contribution < 1.29 is 9.50 Å². The van der Waals surface area contributed by atoms with E-state index in [1.807, 2.05) is 5.38 Å². The van der Waals surface area contributed by atoms with Crippen LogP contribution in [0.1, 0.15) is 5.56 Å². The van der Waals surface area contributed by atoms with Crippen molar-refractivity contribution in [2.75, 3.05) is 0 Å². The summed E-state index contributed by atoms with van der Waals surface area (Å²) in [5, 5.41) is 12.2. The predicted molar refractivity (Wildman–Crippen MR) is 90.6 cm³/mol. The van der Waals surface area contributed by atoms with Gasteiger partial charge in [-0.25, -0.2) is 14.4 Å². The number of aromatic hydroxyl groups is 1. The van der Waals surface area contributed by atoms with Crippen LogP contribution < -0.4 is 0 Å². The van der Waals surface area contributed by atoms with Crippen molar-refractivity contribution in [3.63, 3.8) is 0 Å². The van der Waals surface area contributed by atoms with Gasteiger partial charge in [0.15, 0.2) is 0 Å².